The number of rotatable bonds is 5. The van der Waals surface area contributed by atoms with E-state index in [0.29, 0.717) is 5.56 Å². The number of halogens is 4. The molecular weight excluding hydrogens is 409 g/mol. The lowest BCUT2D eigenvalue weighted by Crippen LogP contribution is -2.14. The summed E-state index contributed by atoms with van der Waals surface area (Å²) in [4.78, 5) is 19.6. The maximum Gasteiger partial charge on any atom is 0.318 e. The molecule has 0 spiro atoms. The number of ether oxygens (including phenoxy) is 1. The molecule has 0 fully saturated rings. The van der Waals surface area contributed by atoms with Crippen LogP contribution in [0.4, 0.5) is 14.6 Å². The van der Waals surface area contributed by atoms with E-state index in [0.717, 1.165) is 17.7 Å². The van der Waals surface area contributed by atoms with Crippen molar-refractivity contribution in [1.82, 2.24) is 14.3 Å². The molecule has 0 atom stereocenters. The van der Waals surface area contributed by atoms with Crippen LogP contribution in [0, 0.1) is 11.6 Å². The maximum atomic E-state index is 13.9. The number of amides is 1. The fourth-order valence-corrected chi connectivity index (χ4v) is 2.91. The molecule has 3 rings (SSSR count). The lowest BCUT2D eigenvalue weighted by atomic mass is 10.2. The van der Waals surface area contributed by atoms with Crippen molar-refractivity contribution in [2.24, 2.45) is 0 Å². The van der Waals surface area contributed by atoms with Gasteiger partial charge in [0.1, 0.15) is 22.3 Å². The van der Waals surface area contributed by atoms with E-state index < -0.39 is 11.7 Å². The molecule has 134 valence electrons. The second-order valence-corrected chi connectivity index (χ2v) is 6.34. The number of carbonyl (C=O) groups is 1. The predicted octanol–water partition coefficient (Wildman–Crippen LogP) is 4.35. The van der Waals surface area contributed by atoms with E-state index in [1.165, 1.54) is 24.3 Å². The van der Waals surface area contributed by atoms with Gasteiger partial charge in [0.2, 0.25) is 0 Å². The van der Waals surface area contributed by atoms with Gasteiger partial charge in [0, 0.05) is 0 Å². The summed E-state index contributed by atoms with van der Waals surface area (Å²) in [6.07, 6.45) is 0.851. The number of aromatic nitrogens is 3. The lowest BCUT2D eigenvalue weighted by Gasteiger charge is -2.08. The standard InChI is InChI=1S/C15H8Cl2F2N4O2S/c16-10-11(26-23-12(10)17)14(24)21-13-9(19)5-20-15(22-13)25-6-7-1-3-8(18)4-2-7/h1-5H,6H2,(H,20,21,22,24). The van der Waals surface area contributed by atoms with Crippen LogP contribution < -0.4 is 10.1 Å². The Kier molecular flexibility index (Phi) is 5.60. The number of nitrogens with one attached hydrogen (secondary N) is 1. The first-order valence-corrected chi connectivity index (χ1v) is 8.49. The van der Waals surface area contributed by atoms with Gasteiger partial charge in [-0.25, -0.2) is 13.8 Å². The third-order valence-corrected chi connectivity index (χ3v) is 4.84. The Morgan fingerprint density at radius 1 is 1.23 bits per heavy atom. The Labute approximate surface area is 159 Å². The Bertz CT molecular complexity index is 953. The second kappa shape index (κ2) is 7.90. The third-order valence-electron chi connectivity index (χ3n) is 3.04. The molecule has 2 heterocycles. The molecule has 0 unspecified atom stereocenters. The van der Waals surface area contributed by atoms with Gasteiger partial charge in [-0.05, 0) is 29.2 Å². The molecule has 0 saturated heterocycles. The molecule has 0 bridgehead atoms. The molecule has 26 heavy (non-hydrogen) atoms. The van der Waals surface area contributed by atoms with Crippen molar-refractivity contribution >= 4 is 46.5 Å². The van der Waals surface area contributed by atoms with Gasteiger partial charge >= 0.3 is 6.01 Å². The van der Waals surface area contributed by atoms with Crippen LogP contribution in [0.2, 0.25) is 10.2 Å². The van der Waals surface area contributed by atoms with Crippen molar-refractivity contribution in [3.63, 3.8) is 0 Å². The van der Waals surface area contributed by atoms with Crippen molar-refractivity contribution in [2.75, 3.05) is 5.32 Å². The average Bonchev–Trinajstić information content (AvgIpc) is 2.96. The van der Waals surface area contributed by atoms with Crippen LogP contribution in [-0.2, 0) is 6.61 Å². The molecule has 2 aromatic heterocycles. The monoisotopic (exact) mass is 416 g/mol. The third kappa shape index (κ3) is 4.24. The van der Waals surface area contributed by atoms with Gasteiger partial charge in [-0.3, -0.25) is 4.79 Å². The SMILES string of the molecule is O=C(Nc1nc(OCc2ccc(F)cc2)ncc1F)c1snc(Cl)c1Cl. The van der Waals surface area contributed by atoms with E-state index in [9.17, 15) is 13.6 Å². The molecule has 1 amide bonds. The zero-order valence-corrected chi connectivity index (χ0v) is 15.0. The lowest BCUT2D eigenvalue weighted by molar-refractivity contribution is 0.102. The predicted molar refractivity (Wildman–Crippen MR) is 92.8 cm³/mol. The topological polar surface area (TPSA) is 77.0 Å². The van der Waals surface area contributed by atoms with Gasteiger partial charge < -0.3 is 10.1 Å². The minimum absolute atomic E-state index is 0.0171. The van der Waals surface area contributed by atoms with Crippen LogP contribution in [0.1, 0.15) is 15.2 Å². The zero-order valence-electron chi connectivity index (χ0n) is 12.7. The first-order chi connectivity index (χ1) is 12.4. The Morgan fingerprint density at radius 3 is 2.62 bits per heavy atom. The number of nitrogens with zero attached hydrogens (tertiary/aromatic N) is 3. The Balaban J connectivity index is 1.72. The van der Waals surface area contributed by atoms with E-state index in [1.807, 2.05) is 0 Å². The molecule has 6 nitrogen and oxygen atoms in total. The van der Waals surface area contributed by atoms with Crippen LogP contribution >= 0.6 is 34.7 Å². The minimum Gasteiger partial charge on any atom is -0.459 e. The van der Waals surface area contributed by atoms with Crippen molar-refractivity contribution in [3.05, 3.63) is 62.7 Å². The van der Waals surface area contributed by atoms with E-state index >= 15 is 0 Å². The highest BCUT2D eigenvalue weighted by molar-refractivity contribution is 7.09. The summed E-state index contributed by atoms with van der Waals surface area (Å²) >= 11 is 12.3. The highest BCUT2D eigenvalue weighted by Gasteiger charge is 2.20. The summed E-state index contributed by atoms with van der Waals surface area (Å²) in [6.45, 7) is 0.0373. The van der Waals surface area contributed by atoms with Gasteiger partial charge in [0.25, 0.3) is 5.91 Å². The fourth-order valence-electron chi connectivity index (χ4n) is 1.80. The molecule has 1 N–H and O–H groups in total. The Hall–Kier alpha value is -2.36. The highest BCUT2D eigenvalue weighted by atomic mass is 35.5. The van der Waals surface area contributed by atoms with Gasteiger partial charge in [0.15, 0.2) is 16.8 Å². The molecule has 0 aliphatic carbocycles. The van der Waals surface area contributed by atoms with Crippen molar-refractivity contribution in [3.8, 4) is 6.01 Å². The summed E-state index contributed by atoms with van der Waals surface area (Å²) in [5.74, 6) is -2.35. The molecule has 0 saturated carbocycles. The molecule has 0 radical (unpaired) electrons. The Morgan fingerprint density at radius 2 is 1.96 bits per heavy atom. The molecule has 11 heteroatoms. The number of benzene rings is 1. The van der Waals surface area contributed by atoms with Crippen molar-refractivity contribution < 1.29 is 18.3 Å². The molecular formula is C15H8Cl2F2N4O2S. The summed E-state index contributed by atoms with van der Waals surface area (Å²) in [5, 5.41) is 2.21. The second-order valence-electron chi connectivity index (χ2n) is 4.83. The first kappa shape index (κ1) is 18.4. The number of hydrogen-bond acceptors (Lipinski definition) is 6. The molecule has 3 aromatic rings. The number of hydrogen-bond donors (Lipinski definition) is 1. The van der Waals surface area contributed by atoms with Crippen molar-refractivity contribution in [2.45, 2.75) is 6.61 Å². The quantitative estimate of drug-likeness (QED) is 0.668. The number of carbonyl (C=O) groups excluding carboxylic acids is 1. The average molecular weight is 417 g/mol. The van der Waals surface area contributed by atoms with Gasteiger partial charge in [0.05, 0.1) is 6.20 Å². The van der Waals surface area contributed by atoms with Crippen LogP contribution in [0.3, 0.4) is 0 Å². The normalized spacial score (nSPS) is 10.6. The maximum absolute atomic E-state index is 13.9. The van der Waals surface area contributed by atoms with E-state index in [1.54, 1.807) is 0 Å². The summed E-state index contributed by atoms with van der Waals surface area (Å²) in [6, 6.07) is 5.44. The van der Waals surface area contributed by atoms with Crippen LogP contribution in [0.15, 0.2) is 30.5 Å². The van der Waals surface area contributed by atoms with E-state index in [2.05, 4.69) is 19.7 Å². The molecule has 0 aliphatic rings. The zero-order chi connectivity index (χ0) is 18.7. The molecule has 0 aliphatic heterocycles. The van der Waals surface area contributed by atoms with Gasteiger partial charge in [-0.1, -0.05) is 35.3 Å². The van der Waals surface area contributed by atoms with Crippen LogP contribution in [0.25, 0.3) is 0 Å². The molecule has 1 aromatic carbocycles. The largest absolute Gasteiger partial charge is 0.459 e. The fraction of sp³-hybridized carbons (Fsp3) is 0.0667. The van der Waals surface area contributed by atoms with Crippen LogP contribution in [0.5, 0.6) is 6.01 Å². The van der Waals surface area contributed by atoms with E-state index in [4.69, 9.17) is 27.9 Å². The number of anilines is 1. The van der Waals surface area contributed by atoms with Crippen molar-refractivity contribution in [1.29, 1.82) is 0 Å². The summed E-state index contributed by atoms with van der Waals surface area (Å²) in [5.41, 5.74) is 0.663. The van der Waals surface area contributed by atoms with E-state index in [-0.39, 0.29) is 39.3 Å². The van der Waals surface area contributed by atoms with Crippen LogP contribution in [-0.4, -0.2) is 20.2 Å². The van der Waals surface area contributed by atoms with Gasteiger partial charge in [-0.15, -0.1) is 0 Å². The highest BCUT2D eigenvalue weighted by Crippen LogP contribution is 2.29. The minimum atomic E-state index is -0.862. The summed E-state index contributed by atoms with van der Waals surface area (Å²) in [7, 11) is 0. The summed E-state index contributed by atoms with van der Waals surface area (Å²) < 4.78 is 35.8. The van der Waals surface area contributed by atoms with Gasteiger partial charge in [-0.2, -0.15) is 9.36 Å². The smallest absolute Gasteiger partial charge is 0.318 e. The first-order valence-electron chi connectivity index (χ1n) is 6.96.